The van der Waals surface area contributed by atoms with Gasteiger partial charge in [0, 0.05) is 18.8 Å². The van der Waals surface area contributed by atoms with Crippen molar-refractivity contribution >= 4 is 17.3 Å². The van der Waals surface area contributed by atoms with Gasteiger partial charge in [-0.2, -0.15) is 4.39 Å². The number of rotatable bonds is 3. The molecule has 0 N–H and O–H groups in total. The van der Waals surface area contributed by atoms with Crippen molar-refractivity contribution in [2.75, 3.05) is 11.4 Å². The molecule has 0 bridgehead atoms. The predicted molar refractivity (Wildman–Crippen MR) is 84.6 cm³/mol. The van der Waals surface area contributed by atoms with E-state index in [2.05, 4.69) is 4.98 Å². The summed E-state index contributed by atoms with van der Waals surface area (Å²) in [5.74, 6) is -0.797. The maximum Gasteiger partial charge on any atom is 0.305 e. The first kappa shape index (κ1) is 14.7. The van der Waals surface area contributed by atoms with Crippen LogP contribution in [0.3, 0.4) is 0 Å². The summed E-state index contributed by atoms with van der Waals surface area (Å²) in [6, 6.07) is 4.07. The number of nitro benzene ring substituents is 1. The van der Waals surface area contributed by atoms with Crippen LogP contribution in [-0.2, 0) is 6.42 Å². The van der Waals surface area contributed by atoms with Crippen LogP contribution in [0.25, 0.3) is 0 Å². The highest BCUT2D eigenvalue weighted by Gasteiger charge is 2.33. The van der Waals surface area contributed by atoms with Crippen LogP contribution >= 0.6 is 0 Å². The molecule has 1 aliphatic carbocycles. The summed E-state index contributed by atoms with van der Waals surface area (Å²) in [6.45, 7) is 0.411. The summed E-state index contributed by atoms with van der Waals surface area (Å²) in [6.07, 6.45) is 6.00. The molecule has 7 heteroatoms. The number of amides is 1. The summed E-state index contributed by atoms with van der Waals surface area (Å²) in [5.41, 5.74) is 1.87. The van der Waals surface area contributed by atoms with Gasteiger partial charge in [-0.05, 0) is 48.4 Å². The molecule has 2 aliphatic rings. The largest absolute Gasteiger partial charge is 0.306 e. The van der Waals surface area contributed by atoms with E-state index in [4.69, 9.17) is 0 Å². The van der Waals surface area contributed by atoms with E-state index in [1.54, 1.807) is 17.3 Å². The Bertz CT molecular complexity index is 864. The van der Waals surface area contributed by atoms with Gasteiger partial charge in [-0.1, -0.05) is 0 Å². The first-order valence-electron chi connectivity index (χ1n) is 7.79. The van der Waals surface area contributed by atoms with Crippen LogP contribution in [0.15, 0.2) is 30.6 Å². The topological polar surface area (TPSA) is 76.3 Å². The maximum atomic E-state index is 13.8. The number of nitrogens with zero attached hydrogens (tertiary/aromatic N) is 3. The van der Waals surface area contributed by atoms with Gasteiger partial charge in [0.2, 0.25) is 5.82 Å². The van der Waals surface area contributed by atoms with Crippen LogP contribution in [0.1, 0.15) is 40.2 Å². The molecule has 2 aromatic rings. The van der Waals surface area contributed by atoms with E-state index in [9.17, 15) is 19.3 Å². The predicted octanol–water partition coefficient (Wildman–Crippen LogP) is 3.21. The van der Waals surface area contributed by atoms with Crippen molar-refractivity contribution in [1.29, 1.82) is 0 Å². The third-order valence-corrected chi connectivity index (χ3v) is 4.59. The number of pyridine rings is 1. The van der Waals surface area contributed by atoms with E-state index in [1.807, 2.05) is 6.07 Å². The first-order chi connectivity index (χ1) is 11.6. The van der Waals surface area contributed by atoms with Crippen LogP contribution in [0.4, 0.5) is 15.8 Å². The number of carbonyl (C=O) groups excluding carboxylic acids is 1. The molecular weight excluding hydrogens is 313 g/mol. The number of anilines is 1. The van der Waals surface area contributed by atoms with Crippen molar-refractivity contribution in [2.45, 2.75) is 25.2 Å². The molecule has 1 fully saturated rings. The normalized spacial score (nSPS) is 16.9. The van der Waals surface area contributed by atoms with E-state index in [-0.39, 0.29) is 11.5 Å². The number of aromatic nitrogens is 1. The third-order valence-electron chi connectivity index (χ3n) is 4.59. The fourth-order valence-electron chi connectivity index (χ4n) is 3.22. The Balaban J connectivity index is 1.77. The molecule has 1 aliphatic heterocycles. The zero-order valence-electron chi connectivity index (χ0n) is 12.7. The van der Waals surface area contributed by atoms with E-state index in [0.29, 0.717) is 24.4 Å². The van der Waals surface area contributed by atoms with Gasteiger partial charge in [0.1, 0.15) is 0 Å². The minimum absolute atomic E-state index is 0.194. The van der Waals surface area contributed by atoms with Crippen LogP contribution < -0.4 is 4.90 Å². The lowest BCUT2D eigenvalue weighted by Gasteiger charge is -2.30. The summed E-state index contributed by atoms with van der Waals surface area (Å²) in [7, 11) is 0. The highest BCUT2D eigenvalue weighted by Crippen LogP contribution is 2.44. The van der Waals surface area contributed by atoms with Gasteiger partial charge in [0.05, 0.1) is 22.4 Å². The van der Waals surface area contributed by atoms with Crippen LogP contribution in [0.2, 0.25) is 0 Å². The molecular formula is C17H14FN3O3. The Kier molecular flexibility index (Phi) is 3.30. The van der Waals surface area contributed by atoms with Gasteiger partial charge in [0.15, 0.2) is 0 Å². The minimum Gasteiger partial charge on any atom is -0.306 e. The molecule has 2 heterocycles. The molecule has 0 spiro atoms. The number of nitro groups is 1. The molecule has 122 valence electrons. The number of fused-ring (bicyclic) bond motifs is 1. The van der Waals surface area contributed by atoms with Crippen molar-refractivity contribution in [2.24, 2.45) is 0 Å². The monoisotopic (exact) mass is 327 g/mol. The zero-order chi connectivity index (χ0) is 16.8. The SMILES string of the molecule is O=C1c2cc([N+](=O)[O-])c(F)cc2CCN1c1cnccc1C1CC1. The lowest BCUT2D eigenvalue weighted by molar-refractivity contribution is -0.387. The quantitative estimate of drug-likeness (QED) is 0.641. The van der Waals surface area contributed by atoms with Crippen molar-refractivity contribution in [3.8, 4) is 0 Å². The molecule has 24 heavy (non-hydrogen) atoms. The molecule has 1 amide bonds. The van der Waals surface area contributed by atoms with Crippen LogP contribution in [-0.4, -0.2) is 22.4 Å². The molecule has 0 saturated heterocycles. The average Bonchev–Trinajstić information content (AvgIpc) is 3.39. The first-order valence-corrected chi connectivity index (χ1v) is 7.79. The standard InChI is InChI=1S/C17H14FN3O3/c18-14-7-11-4-6-20(17(22)13(11)8-15(14)21(23)24)16-9-19-5-3-12(16)10-1-2-10/h3,5,7-10H,1-2,4,6H2. The van der Waals surface area contributed by atoms with Gasteiger partial charge in [-0.25, -0.2) is 0 Å². The lowest BCUT2D eigenvalue weighted by Crippen LogP contribution is -2.38. The second-order valence-corrected chi connectivity index (χ2v) is 6.13. The Morgan fingerprint density at radius 2 is 2.12 bits per heavy atom. The smallest absolute Gasteiger partial charge is 0.305 e. The van der Waals surface area contributed by atoms with E-state index < -0.39 is 16.4 Å². The Morgan fingerprint density at radius 1 is 1.33 bits per heavy atom. The molecule has 0 atom stereocenters. The highest BCUT2D eigenvalue weighted by molar-refractivity contribution is 6.09. The highest BCUT2D eigenvalue weighted by atomic mass is 19.1. The van der Waals surface area contributed by atoms with Gasteiger partial charge < -0.3 is 4.90 Å². The number of benzene rings is 1. The molecule has 4 rings (SSSR count). The summed E-state index contributed by atoms with van der Waals surface area (Å²) in [5, 5.41) is 10.9. The van der Waals surface area contributed by atoms with E-state index >= 15 is 0 Å². The van der Waals surface area contributed by atoms with Crippen molar-refractivity contribution in [1.82, 2.24) is 4.98 Å². The number of hydrogen-bond acceptors (Lipinski definition) is 4. The molecule has 0 unspecified atom stereocenters. The zero-order valence-corrected chi connectivity index (χ0v) is 12.7. The van der Waals surface area contributed by atoms with Crippen LogP contribution in [0, 0.1) is 15.9 Å². The van der Waals surface area contributed by atoms with Crippen molar-refractivity contribution in [3.05, 3.63) is 63.2 Å². The van der Waals surface area contributed by atoms with Gasteiger partial charge in [-0.3, -0.25) is 19.9 Å². The van der Waals surface area contributed by atoms with E-state index in [0.717, 1.165) is 36.2 Å². The third kappa shape index (κ3) is 2.33. The summed E-state index contributed by atoms with van der Waals surface area (Å²) in [4.78, 5) is 28.7. The van der Waals surface area contributed by atoms with Crippen LogP contribution in [0.5, 0.6) is 0 Å². The van der Waals surface area contributed by atoms with Crippen molar-refractivity contribution in [3.63, 3.8) is 0 Å². The van der Waals surface area contributed by atoms with Gasteiger partial charge in [0.25, 0.3) is 5.91 Å². The van der Waals surface area contributed by atoms with Crippen molar-refractivity contribution < 1.29 is 14.1 Å². The Morgan fingerprint density at radius 3 is 2.83 bits per heavy atom. The molecule has 6 nitrogen and oxygen atoms in total. The van der Waals surface area contributed by atoms with Gasteiger partial charge in [-0.15, -0.1) is 0 Å². The van der Waals surface area contributed by atoms with E-state index in [1.165, 1.54) is 0 Å². The average molecular weight is 327 g/mol. The second kappa shape index (κ2) is 5.36. The molecule has 0 radical (unpaired) electrons. The Labute approximate surface area is 137 Å². The van der Waals surface area contributed by atoms with Gasteiger partial charge >= 0.3 is 5.69 Å². The fraction of sp³-hybridized carbons (Fsp3) is 0.294. The summed E-state index contributed by atoms with van der Waals surface area (Å²) >= 11 is 0. The molecule has 1 saturated carbocycles. The fourth-order valence-corrected chi connectivity index (χ4v) is 3.22. The molecule has 1 aromatic heterocycles. The Hall–Kier alpha value is -2.83. The number of hydrogen-bond donors (Lipinski definition) is 0. The second-order valence-electron chi connectivity index (χ2n) is 6.13. The molecule has 1 aromatic carbocycles. The number of carbonyl (C=O) groups is 1. The minimum atomic E-state index is -0.903. The maximum absolute atomic E-state index is 13.8. The summed E-state index contributed by atoms with van der Waals surface area (Å²) < 4.78 is 13.8. The number of halogens is 1. The lowest BCUT2D eigenvalue weighted by atomic mass is 9.96.